The Morgan fingerprint density at radius 2 is 1.53 bits per heavy atom. The zero-order chi connectivity index (χ0) is 26.9. The van der Waals surface area contributed by atoms with Crippen molar-refractivity contribution >= 4 is 0 Å². The molecule has 0 bridgehead atoms. The maximum atomic E-state index is 12.9. The van der Waals surface area contributed by atoms with Gasteiger partial charge in [-0.15, -0.1) is 18.1 Å². The highest BCUT2D eigenvalue weighted by atomic mass is 19.4. The molecule has 0 heterocycles. The second-order valence-electron chi connectivity index (χ2n) is 7.30. The fourth-order valence-corrected chi connectivity index (χ4v) is 3.26. The summed E-state index contributed by atoms with van der Waals surface area (Å²) in [5.74, 6) is -0.102. The molecule has 1 atom stereocenters. The van der Waals surface area contributed by atoms with Gasteiger partial charge in [0, 0.05) is 0 Å². The molecule has 202 valence electrons. The van der Waals surface area contributed by atoms with Gasteiger partial charge < -0.3 is 14.2 Å². The van der Waals surface area contributed by atoms with Crippen molar-refractivity contribution in [1.82, 2.24) is 4.90 Å². The highest BCUT2D eigenvalue weighted by molar-refractivity contribution is 5.35. The molecule has 0 saturated heterocycles. The van der Waals surface area contributed by atoms with Gasteiger partial charge >= 0.3 is 25.8 Å². The molecular weight excluding hydrogens is 516 g/mol. The summed E-state index contributed by atoms with van der Waals surface area (Å²) in [7, 11) is 0. The van der Waals surface area contributed by atoms with Crippen LogP contribution in [0.4, 0.5) is 43.9 Å². The molecule has 2 aromatic carbocycles. The standard InChI is InChI=1S/C22H21F10NO3/c23-19(24)33(21(27,28)29)18(35-20(25)26)9-4-12-34-17-8-2-1-6-15(17)11-10-14-5-3-7-16(13-14)36-22(30,31)32/h1-3,5-8,13,18-20H,4,9-12H2. The quantitative estimate of drug-likeness (QED) is 0.118. The number of nitrogens with zero attached hydrogens (tertiary/aromatic N) is 1. The number of halogens is 10. The van der Waals surface area contributed by atoms with Gasteiger partial charge in [-0.25, -0.2) is 0 Å². The summed E-state index contributed by atoms with van der Waals surface area (Å²) in [4.78, 5) is -1.40. The zero-order valence-electron chi connectivity index (χ0n) is 18.3. The first kappa shape index (κ1) is 29.5. The van der Waals surface area contributed by atoms with Crippen LogP contribution in [0.1, 0.15) is 24.0 Å². The number of para-hydroxylation sites is 1. The van der Waals surface area contributed by atoms with Gasteiger partial charge in [-0.3, -0.25) is 0 Å². The molecule has 0 radical (unpaired) electrons. The summed E-state index contributed by atoms with van der Waals surface area (Å²) in [5, 5.41) is 0. The van der Waals surface area contributed by atoms with Crippen molar-refractivity contribution in [3.63, 3.8) is 0 Å². The third-order valence-electron chi connectivity index (χ3n) is 4.71. The fraction of sp³-hybridized carbons (Fsp3) is 0.455. The van der Waals surface area contributed by atoms with Gasteiger partial charge in [0.15, 0.2) is 0 Å². The molecular formula is C22H21F10NO3. The third kappa shape index (κ3) is 10.1. The van der Waals surface area contributed by atoms with Crippen molar-refractivity contribution in [1.29, 1.82) is 0 Å². The fourth-order valence-electron chi connectivity index (χ4n) is 3.26. The number of rotatable bonds is 13. The van der Waals surface area contributed by atoms with E-state index < -0.39 is 43.4 Å². The number of hydrogen-bond donors (Lipinski definition) is 0. The van der Waals surface area contributed by atoms with Crippen LogP contribution in [-0.4, -0.2) is 43.6 Å². The average Bonchev–Trinajstić information content (AvgIpc) is 2.73. The second-order valence-corrected chi connectivity index (χ2v) is 7.30. The van der Waals surface area contributed by atoms with Gasteiger partial charge in [-0.2, -0.15) is 30.7 Å². The molecule has 4 nitrogen and oxygen atoms in total. The van der Waals surface area contributed by atoms with Crippen molar-refractivity contribution in [3.8, 4) is 11.5 Å². The van der Waals surface area contributed by atoms with Gasteiger partial charge in [0.1, 0.15) is 17.7 Å². The summed E-state index contributed by atoms with van der Waals surface area (Å²) in [6, 6.07) is 11.8. The van der Waals surface area contributed by atoms with Gasteiger partial charge in [-0.05, 0) is 55.0 Å². The van der Waals surface area contributed by atoms with Crippen LogP contribution in [0.25, 0.3) is 0 Å². The van der Waals surface area contributed by atoms with E-state index in [0.717, 1.165) is 6.07 Å². The van der Waals surface area contributed by atoms with Gasteiger partial charge in [-0.1, -0.05) is 30.3 Å². The normalized spacial score (nSPS) is 13.5. The highest BCUT2D eigenvalue weighted by Crippen LogP contribution is 2.31. The Bertz CT molecular complexity index is 937. The minimum Gasteiger partial charge on any atom is -0.493 e. The van der Waals surface area contributed by atoms with Crippen LogP contribution in [0.5, 0.6) is 11.5 Å². The lowest BCUT2D eigenvalue weighted by Gasteiger charge is -2.31. The lowest BCUT2D eigenvalue weighted by atomic mass is 10.0. The maximum Gasteiger partial charge on any atom is 0.573 e. The number of ether oxygens (including phenoxy) is 3. The molecule has 0 amide bonds. The van der Waals surface area contributed by atoms with Crippen LogP contribution in [0.15, 0.2) is 48.5 Å². The predicted octanol–water partition coefficient (Wildman–Crippen LogP) is 7.14. The largest absolute Gasteiger partial charge is 0.573 e. The molecule has 1 unspecified atom stereocenters. The van der Waals surface area contributed by atoms with Gasteiger partial charge in [0.05, 0.1) is 6.61 Å². The Morgan fingerprint density at radius 1 is 0.833 bits per heavy atom. The summed E-state index contributed by atoms with van der Waals surface area (Å²) >= 11 is 0. The van der Waals surface area contributed by atoms with E-state index in [9.17, 15) is 43.9 Å². The van der Waals surface area contributed by atoms with E-state index >= 15 is 0 Å². The molecule has 0 saturated carbocycles. The van der Waals surface area contributed by atoms with Crippen molar-refractivity contribution < 1.29 is 58.1 Å². The number of alkyl halides is 10. The molecule has 2 aromatic rings. The first-order valence-electron chi connectivity index (χ1n) is 10.4. The average molecular weight is 537 g/mol. The Morgan fingerprint density at radius 3 is 2.14 bits per heavy atom. The molecule has 0 aromatic heterocycles. The van der Waals surface area contributed by atoms with E-state index in [1.807, 2.05) is 0 Å². The molecule has 0 aliphatic carbocycles. The van der Waals surface area contributed by atoms with Crippen LogP contribution >= 0.6 is 0 Å². The Hall–Kier alpha value is -2.74. The third-order valence-corrected chi connectivity index (χ3v) is 4.71. The van der Waals surface area contributed by atoms with Crippen molar-refractivity contribution in [2.45, 2.75) is 57.7 Å². The molecule has 2 rings (SSSR count). The molecule has 14 heteroatoms. The van der Waals surface area contributed by atoms with Gasteiger partial charge in [0.25, 0.3) is 0 Å². The molecule has 0 aliphatic rings. The first-order valence-corrected chi connectivity index (χ1v) is 10.4. The SMILES string of the molecule is FC(F)OC(CCCOc1ccccc1CCc1cccc(OC(F)(F)F)c1)N(C(F)F)C(F)(F)F. The Balaban J connectivity index is 1.97. The van der Waals surface area contributed by atoms with Crippen molar-refractivity contribution in [2.24, 2.45) is 0 Å². The summed E-state index contributed by atoms with van der Waals surface area (Å²) in [5.41, 5.74) is 1.13. The number of aryl methyl sites for hydroxylation is 2. The Labute approximate surface area is 199 Å². The monoisotopic (exact) mass is 537 g/mol. The smallest absolute Gasteiger partial charge is 0.493 e. The minimum absolute atomic E-state index is 0.285. The van der Waals surface area contributed by atoms with Crippen molar-refractivity contribution in [2.75, 3.05) is 6.61 Å². The topological polar surface area (TPSA) is 30.9 Å². The lowest BCUT2D eigenvalue weighted by Crippen LogP contribution is -2.50. The van der Waals surface area contributed by atoms with E-state index in [4.69, 9.17) is 4.74 Å². The highest BCUT2D eigenvalue weighted by Gasteiger charge is 2.48. The van der Waals surface area contributed by atoms with E-state index in [1.54, 1.807) is 24.3 Å². The van der Waals surface area contributed by atoms with Crippen molar-refractivity contribution in [3.05, 3.63) is 59.7 Å². The van der Waals surface area contributed by atoms with E-state index in [0.29, 0.717) is 17.5 Å². The minimum atomic E-state index is -5.61. The van der Waals surface area contributed by atoms with Crippen LogP contribution in [-0.2, 0) is 17.6 Å². The Kier molecular flexibility index (Phi) is 10.6. The first-order chi connectivity index (χ1) is 16.8. The maximum absolute atomic E-state index is 12.9. The van der Waals surface area contributed by atoms with E-state index in [1.165, 1.54) is 18.2 Å². The summed E-state index contributed by atoms with van der Waals surface area (Å²) in [6.07, 6.45) is -13.7. The summed E-state index contributed by atoms with van der Waals surface area (Å²) < 4.78 is 140. The predicted molar refractivity (Wildman–Crippen MR) is 106 cm³/mol. The van der Waals surface area contributed by atoms with Crippen LogP contribution in [0.2, 0.25) is 0 Å². The molecule has 0 N–H and O–H groups in total. The van der Waals surface area contributed by atoms with E-state index in [-0.39, 0.29) is 30.9 Å². The van der Waals surface area contributed by atoms with Crippen LogP contribution in [0, 0.1) is 0 Å². The van der Waals surface area contributed by atoms with E-state index in [2.05, 4.69) is 9.47 Å². The summed E-state index contributed by atoms with van der Waals surface area (Å²) in [6.45, 7) is -8.13. The molecule has 0 fully saturated rings. The molecule has 0 aliphatic heterocycles. The second kappa shape index (κ2) is 13.0. The van der Waals surface area contributed by atoms with Crippen LogP contribution in [0.3, 0.4) is 0 Å². The molecule has 36 heavy (non-hydrogen) atoms. The lowest BCUT2D eigenvalue weighted by molar-refractivity contribution is -0.355. The zero-order valence-corrected chi connectivity index (χ0v) is 18.3. The molecule has 0 spiro atoms. The number of benzene rings is 2. The van der Waals surface area contributed by atoms with Crippen LogP contribution < -0.4 is 9.47 Å². The number of hydrogen-bond acceptors (Lipinski definition) is 4. The van der Waals surface area contributed by atoms with Gasteiger partial charge in [0.2, 0.25) is 0 Å².